The fraction of sp³-hybridized carbons (Fsp3) is 0.552. The Morgan fingerprint density at radius 1 is 1.32 bits per heavy atom. The lowest BCUT2D eigenvalue weighted by Gasteiger charge is -2.37. The van der Waals surface area contributed by atoms with Crippen molar-refractivity contribution in [3.05, 3.63) is 65.2 Å². The van der Waals surface area contributed by atoms with Crippen LogP contribution in [-0.2, 0) is 29.4 Å². The molecule has 1 aromatic heterocycles. The zero-order chi connectivity index (χ0) is 29.1. The number of nitrogens with zero attached hydrogens (tertiary/aromatic N) is 4. The second-order valence-electron chi connectivity index (χ2n) is 11.5. The molecule has 1 spiro atoms. The molecule has 0 N–H and O–H groups in total. The molecule has 2 aliphatic heterocycles. The zero-order valence-corrected chi connectivity index (χ0v) is 25.9. The van der Waals surface area contributed by atoms with Crippen LogP contribution in [0.2, 0.25) is 0 Å². The molecule has 9 nitrogen and oxygen atoms in total. The Balaban J connectivity index is 1.40. The first-order chi connectivity index (χ1) is 19.0. The third-order valence-corrected chi connectivity index (χ3v) is 8.04. The molecule has 2 atom stereocenters. The molecule has 2 unspecified atom stereocenters. The molecule has 4 rings (SSSR count). The van der Waals surface area contributed by atoms with Gasteiger partial charge in [0.15, 0.2) is 23.0 Å². The van der Waals surface area contributed by atoms with E-state index in [0.717, 1.165) is 24.3 Å². The van der Waals surface area contributed by atoms with Crippen LogP contribution in [0.25, 0.3) is 0 Å². The number of hydrogen-bond donors (Lipinski definition) is 0. The predicted molar refractivity (Wildman–Crippen MR) is 157 cm³/mol. The summed E-state index contributed by atoms with van der Waals surface area (Å²) in [6.45, 7) is 11.0. The number of ether oxygens (including phenoxy) is 2. The van der Waals surface area contributed by atoms with Crippen LogP contribution < -0.4 is 0 Å². The maximum absolute atomic E-state index is 15.2. The van der Waals surface area contributed by atoms with Crippen LogP contribution in [0.1, 0.15) is 57.7 Å². The largest absolute Gasteiger partial charge is 0.497 e. The number of halogens is 2. The smallest absolute Gasteiger partial charge is 0.410 e. The summed E-state index contributed by atoms with van der Waals surface area (Å²) in [5.74, 6) is -0.392. The van der Waals surface area contributed by atoms with E-state index in [0.29, 0.717) is 43.8 Å². The SMILES string of the molecule is C/C=C(\C=C/CN1CC2(CCN(Cc3cn(C(C)(C)C)nc3C3C=CC(OC)=CC3F)CC2)OC1=O)C(=O)OI. The number of amides is 1. The number of piperidine rings is 1. The summed E-state index contributed by atoms with van der Waals surface area (Å²) in [7, 11) is 1.54. The summed E-state index contributed by atoms with van der Waals surface area (Å²) in [6.07, 6.45) is 12.1. The summed E-state index contributed by atoms with van der Waals surface area (Å²) >= 11 is 1.56. The average molecular weight is 669 g/mol. The second-order valence-corrected chi connectivity index (χ2v) is 11.9. The molecule has 2 fully saturated rings. The van der Waals surface area contributed by atoms with Gasteiger partial charge in [-0.15, -0.1) is 0 Å². The van der Waals surface area contributed by atoms with Crippen molar-refractivity contribution in [3.63, 3.8) is 0 Å². The van der Waals surface area contributed by atoms with Gasteiger partial charge in [-0.3, -0.25) is 9.58 Å². The minimum Gasteiger partial charge on any atom is -0.497 e. The Hall–Kier alpha value is -2.67. The maximum atomic E-state index is 15.2. The number of rotatable bonds is 8. The van der Waals surface area contributed by atoms with E-state index in [1.54, 1.807) is 59.1 Å². The predicted octanol–water partition coefficient (Wildman–Crippen LogP) is 5.34. The van der Waals surface area contributed by atoms with Crippen LogP contribution in [0.5, 0.6) is 0 Å². The van der Waals surface area contributed by atoms with Gasteiger partial charge >= 0.3 is 12.1 Å². The molecular weight excluding hydrogens is 630 g/mol. The van der Waals surface area contributed by atoms with Gasteiger partial charge in [0.2, 0.25) is 0 Å². The molecule has 3 heterocycles. The maximum Gasteiger partial charge on any atom is 0.410 e. The summed E-state index contributed by atoms with van der Waals surface area (Å²) in [5, 5.41) is 4.84. The molecule has 0 bridgehead atoms. The van der Waals surface area contributed by atoms with Crippen molar-refractivity contribution < 1.29 is 26.5 Å². The molecule has 218 valence electrons. The topological polar surface area (TPSA) is 86.1 Å². The summed E-state index contributed by atoms with van der Waals surface area (Å²) < 4.78 is 32.9. The van der Waals surface area contributed by atoms with Crippen LogP contribution >= 0.6 is 23.0 Å². The number of methoxy groups -OCH3 is 1. The number of allylic oxidation sites excluding steroid dienone is 4. The van der Waals surface area contributed by atoms with Crippen molar-refractivity contribution in [2.24, 2.45) is 0 Å². The van der Waals surface area contributed by atoms with Crippen LogP contribution in [0.4, 0.5) is 9.18 Å². The van der Waals surface area contributed by atoms with E-state index in [-0.39, 0.29) is 11.6 Å². The molecular formula is C29H38FIN4O5. The third kappa shape index (κ3) is 6.79. The van der Waals surface area contributed by atoms with Crippen molar-refractivity contribution in [3.8, 4) is 0 Å². The van der Waals surface area contributed by atoms with E-state index in [1.165, 1.54) is 13.2 Å². The third-order valence-electron chi connectivity index (χ3n) is 7.64. The van der Waals surface area contributed by atoms with E-state index >= 15 is 4.39 Å². The number of aromatic nitrogens is 2. The summed E-state index contributed by atoms with van der Waals surface area (Å²) in [4.78, 5) is 28.4. The van der Waals surface area contributed by atoms with Crippen LogP contribution in [0, 0.1) is 0 Å². The van der Waals surface area contributed by atoms with E-state index in [2.05, 4.69) is 25.7 Å². The highest BCUT2D eigenvalue weighted by Gasteiger charge is 2.46. The first-order valence-corrected chi connectivity index (χ1v) is 14.4. The molecule has 0 radical (unpaired) electrons. The Bertz CT molecular complexity index is 1220. The molecule has 0 saturated carbocycles. The lowest BCUT2D eigenvalue weighted by Crippen LogP contribution is -2.46. The number of carbonyl (C=O) groups is 2. The lowest BCUT2D eigenvalue weighted by atomic mass is 9.90. The number of carbonyl (C=O) groups excluding carboxylic acids is 2. The van der Waals surface area contributed by atoms with Crippen molar-refractivity contribution in [2.45, 2.75) is 70.3 Å². The minimum absolute atomic E-state index is 0.239. The molecule has 2 saturated heterocycles. The van der Waals surface area contributed by atoms with Gasteiger partial charge in [0.1, 0.15) is 17.5 Å². The van der Waals surface area contributed by atoms with Crippen molar-refractivity contribution in [2.75, 3.05) is 33.3 Å². The highest BCUT2D eigenvalue weighted by Crippen LogP contribution is 2.36. The Kier molecular flexibility index (Phi) is 9.44. The highest BCUT2D eigenvalue weighted by atomic mass is 127. The summed E-state index contributed by atoms with van der Waals surface area (Å²) in [5.41, 5.74) is 1.40. The van der Waals surface area contributed by atoms with Crippen molar-refractivity contribution >= 4 is 35.1 Å². The van der Waals surface area contributed by atoms with Crippen LogP contribution in [0.3, 0.4) is 0 Å². The van der Waals surface area contributed by atoms with E-state index in [1.807, 2.05) is 17.0 Å². The number of hydrogen-bond acceptors (Lipinski definition) is 7. The second kappa shape index (κ2) is 12.5. The first kappa shape index (κ1) is 30.3. The van der Waals surface area contributed by atoms with E-state index in [9.17, 15) is 9.59 Å². The highest BCUT2D eigenvalue weighted by molar-refractivity contribution is 14.1. The monoisotopic (exact) mass is 668 g/mol. The van der Waals surface area contributed by atoms with Crippen LogP contribution in [-0.4, -0.2) is 76.7 Å². The van der Waals surface area contributed by atoms with E-state index in [4.69, 9.17) is 17.6 Å². The van der Waals surface area contributed by atoms with Gasteiger partial charge in [0.25, 0.3) is 0 Å². The van der Waals surface area contributed by atoms with Gasteiger partial charge in [-0.2, -0.15) is 5.10 Å². The fourth-order valence-corrected chi connectivity index (χ4v) is 5.51. The Morgan fingerprint density at radius 2 is 2.05 bits per heavy atom. The Morgan fingerprint density at radius 3 is 2.65 bits per heavy atom. The van der Waals surface area contributed by atoms with Gasteiger partial charge in [-0.1, -0.05) is 24.3 Å². The van der Waals surface area contributed by atoms with Crippen LogP contribution in [0.15, 0.2) is 54.0 Å². The van der Waals surface area contributed by atoms with Gasteiger partial charge in [0, 0.05) is 50.8 Å². The minimum atomic E-state index is -1.22. The van der Waals surface area contributed by atoms with Crippen molar-refractivity contribution in [1.82, 2.24) is 19.6 Å². The molecule has 1 amide bonds. The van der Waals surface area contributed by atoms with Crippen molar-refractivity contribution in [1.29, 1.82) is 0 Å². The first-order valence-electron chi connectivity index (χ1n) is 13.5. The van der Waals surface area contributed by atoms with E-state index < -0.39 is 23.7 Å². The number of alkyl halides is 1. The standard InChI is InChI=1S/C29H38FIN4O5/c1-6-20(26(36)40-31)8-7-13-34-19-29(39-27(34)37)11-14-33(15-12-29)17-21-18-35(28(2,3)4)32-25(21)23-10-9-22(38-5)16-24(23)30/h6-10,16,18,23-24H,11-15,17,19H2,1-5H3/b8-7-,20-6+. The molecule has 11 heteroatoms. The molecule has 1 aromatic rings. The molecule has 3 aliphatic rings. The average Bonchev–Trinajstić information content (AvgIpc) is 3.48. The number of likely N-dealkylation sites (tertiary alicyclic amines) is 1. The van der Waals surface area contributed by atoms with Gasteiger partial charge in [-0.05, 0) is 39.8 Å². The van der Waals surface area contributed by atoms with Gasteiger partial charge < -0.3 is 17.4 Å². The van der Waals surface area contributed by atoms with Gasteiger partial charge in [-0.25, -0.2) is 14.0 Å². The zero-order valence-electron chi connectivity index (χ0n) is 23.7. The molecule has 40 heavy (non-hydrogen) atoms. The lowest BCUT2D eigenvalue weighted by molar-refractivity contribution is -0.126. The summed E-state index contributed by atoms with van der Waals surface area (Å²) in [6, 6.07) is 0. The molecule has 0 aromatic carbocycles. The molecule has 1 aliphatic carbocycles. The Labute approximate surface area is 249 Å². The quantitative estimate of drug-likeness (QED) is 0.210. The van der Waals surface area contributed by atoms with Gasteiger partial charge in [0.05, 0.1) is 36.4 Å². The normalized spacial score (nSPS) is 23.6. The fourth-order valence-electron chi connectivity index (χ4n) is 5.25.